The van der Waals surface area contributed by atoms with Gasteiger partial charge in [-0.15, -0.1) is 0 Å². The molecule has 0 aliphatic carbocycles. The van der Waals surface area contributed by atoms with Crippen molar-refractivity contribution in [3.63, 3.8) is 0 Å². The predicted molar refractivity (Wildman–Crippen MR) is 74.9 cm³/mol. The second kappa shape index (κ2) is 6.38. The van der Waals surface area contributed by atoms with Crippen molar-refractivity contribution < 1.29 is 9.66 Å². The highest BCUT2D eigenvalue weighted by molar-refractivity contribution is 5.77. The molecule has 1 aliphatic heterocycles. The van der Waals surface area contributed by atoms with Crippen LogP contribution in [0.3, 0.4) is 0 Å². The Morgan fingerprint density at radius 3 is 2.79 bits per heavy atom. The lowest BCUT2D eigenvalue weighted by Crippen LogP contribution is -2.36. The van der Waals surface area contributed by atoms with E-state index in [0.29, 0.717) is 37.7 Å². The van der Waals surface area contributed by atoms with Crippen LogP contribution in [0, 0.1) is 10.1 Å². The topological polar surface area (TPSA) is 67.6 Å². The van der Waals surface area contributed by atoms with Crippen molar-refractivity contribution in [2.24, 2.45) is 0 Å². The fraction of sp³-hybridized carbons (Fsp3) is 0.538. The molecule has 2 rings (SSSR count). The van der Waals surface area contributed by atoms with Gasteiger partial charge in [-0.25, -0.2) is 0 Å². The maximum atomic E-state index is 11.4. The number of rotatable bonds is 5. The largest absolute Gasteiger partial charge is 0.379 e. The van der Waals surface area contributed by atoms with E-state index in [-0.39, 0.29) is 10.6 Å². The molecule has 0 aromatic heterocycles. The fourth-order valence-corrected chi connectivity index (χ4v) is 2.18. The monoisotopic (exact) mass is 265 g/mol. The van der Waals surface area contributed by atoms with Gasteiger partial charge >= 0.3 is 5.69 Å². The van der Waals surface area contributed by atoms with Gasteiger partial charge in [0.15, 0.2) is 0 Å². The molecule has 19 heavy (non-hydrogen) atoms. The van der Waals surface area contributed by atoms with Crippen molar-refractivity contribution in [2.45, 2.75) is 13.3 Å². The second-order valence-electron chi connectivity index (χ2n) is 4.46. The number of anilines is 2. The first-order valence-corrected chi connectivity index (χ1v) is 6.58. The summed E-state index contributed by atoms with van der Waals surface area (Å²) in [4.78, 5) is 13.1. The van der Waals surface area contributed by atoms with E-state index in [1.54, 1.807) is 12.1 Å². The maximum absolute atomic E-state index is 11.4. The van der Waals surface area contributed by atoms with Crippen LogP contribution < -0.4 is 10.2 Å². The van der Waals surface area contributed by atoms with Gasteiger partial charge in [-0.05, 0) is 18.6 Å². The molecule has 1 aromatic carbocycles. The quantitative estimate of drug-likeness (QED) is 0.653. The van der Waals surface area contributed by atoms with Crippen LogP contribution in [0.5, 0.6) is 0 Å². The van der Waals surface area contributed by atoms with Crippen molar-refractivity contribution in [1.29, 1.82) is 0 Å². The van der Waals surface area contributed by atoms with Gasteiger partial charge in [-0.3, -0.25) is 10.1 Å². The first kappa shape index (κ1) is 13.6. The zero-order valence-electron chi connectivity index (χ0n) is 11.1. The minimum atomic E-state index is -0.303. The third kappa shape index (κ3) is 3.14. The lowest BCUT2D eigenvalue weighted by molar-refractivity contribution is -0.383. The summed E-state index contributed by atoms with van der Waals surface area (Å²) in [6, 6.07) is 5.42. The number of morpholine rings is 1. The SMILES string of the molecule is CCCNc1cccc(N2CCOCC2)c1[N+](=O)[O-]. The standard InChI is InChI=1S/C13H19N3O3/c1-2-6-14-11-4-3-5-12(13(11)16(17)18)15-7-9-19-10-8-15/h3-5,14H,2,6-10H2,1H3. The number of nitrogens with zero attached hydrogens (tertiary/aromatic N) is 2. The Hall–Kier alpha value is -1.82. The molecule has 0 bridgehead atoms. The molecule has 1 N–H and O–H groups in total. The number of nitro groups is 1. The zero-order chi connectivity index (χ0) is 13.7. The molecule has 0 amide bonds. The van der Waals surface area contributed by atoms with Crippen molar-refractivity contribution in [2.75, 3.05) is 43.1 Å². The van der Waals surface area contributed by atoms with Crippen molar-refractivity contribution in [3.05, 3.63) is 28.3 Å². The maximum Gasteiger partial charge on any atom is 0.315 e. The van der Waals surface area contributed by atoms with Gasteiger partial charge in [0.05, 0.1) is 18.1 Å². The normalized spacial score (nSPS) is 15.3. The smallest absolute Gasteiger partial charge is 0.315 e. The predicted octanol–water partition coefficient (Wildman–Crippen LogP) is 2.25. The molecule has 1 fully saturated rings. The van der Waals surface area contributed by atoms with Crippen LogP contribution in [-0.4, -0.2) is 37.8 Å². The van der Waals surface area contributed by atoms with Gasteiger partial charge in [0, 0.05) is 19.6 Å². The van der Waals surface area contributed by atoms with Crippen molar-refractivity contribution in [3.8, 4) is 0 Å². The molecule has 0 radical (unpaired) electrons. The van der Waals surface area contributed by atoms with Crippen molar-refractivity contribution >= 4 is 17.1 Å². The van der Waals surface area contributed by atoms with Crippen LogP contribution in [0.25, 0.3) is 0 Å². The van der Waals surface area contributed by atoms with Crippen LogP contribution in [0.4, 0.5) is 17.1 Å². The Morgan fingerprint density at radius 1 is 1.42 bits per heavy atom. The Kier molecular flexibility index (Phi) is 4.57. The summed E-state index contributed by atoms with van der Waals surface area (Å²) >= 11 is 0. The van der Waals surface area contributed by atoms with E-state index in [4.69, 9.17) is 4.74 Å². The van der Waals surface area contributed by atoms with Crippen LogP contribution in [0.15, 0.2) is 18.2 Å². The molecule has 6 heteroatoms. The summed E-state index contributed by atoms with van der Waals surface area (Å²) < 4.78 is 5.29. The highest BCUT2D eigenvalue weighted by atomic mass is 16.6. The summed E-state index contributed by atoms with van der Waals surface area (Å²) in [5, 5.41) is 14.5. The van der Waals surface area contributed by atoms with E-state index in [1.165, 1.54) is 0 Å². The second-order valence-corrected chi connectivity index (χ2v) is 4.46. The Balaban J connectivity index is 2.32. The molecule has 0 atom stereocenters. The average Bonchev–Trinajstić information content (AvgIpc) is 2.45. The lowest BCUT2D eigenvalue weighted by Gasteiger charge is -2.28. The summed E-state index contributed by atoms with van der Waals surface area (Å²) in [5.41, 5.74) is 1.43. The summed E-state index contributed by atoms with van der Waals surface area (Å²) in [7, 11) is 0. The van der Waals surface area contributed by atoms with Gasteiger partial charge < -0.3 is 15.0 Å². The molecule has 1 heterocycles. The zero-order valence-corrected chi connectivity index (χ0v) is 11.1. The number of nitrogens with one attached hydrogen (secondary N) is 1. The number of hydrogen-bond donors (Lipinski definition) is 1. The number of nitro benzene ring substituents is 1. The molecule has 1 aliphatic rings. The summed E-state index contributed by atoms with van der Waals surface area (Å²) in [5.74, 6) is 0. The number of para-hydroxylation sites is 1. The van der Waals surface area contributed by atoms with Crippen LogP contribution >= 0.6 is 0 Å². The summed E-state index contributed by atoms with van der Waals surface area (Å²) in [6.45, 7) is 5.38. The van der Waals surface area contributed by atoms with Gasteiger partial charge in [-0.1, -0.05) is 13.0 Å². The first-order chi connectivity index (χ1) is 9.24. The third-order valence-corrected chi connectivity index (χ3v) is 3.11. The number of ether oxygens (including phenoxy) is 1. The van der Waals surface area contributed by atoms with E-state index in [0.717, 1.165) is 13.0 Å². The van der Waals surface area contributed by atoms with Gasteiger partial charge in [-0.2, -0.15) is 0 Å². The minimum absolute atomic E-state index is 0.165. The van der Waals surface area contributed by atoms with E-state index < -0.39 is 0 Å². The Labute approximate surface area is 112 Å². The van der Waals surface area contributed by atoms with Crippen LogP contribution in [0.2, 0.25) is 0 Å². The third-order valence-electron chi connectivity index (χ3n) is 3.11. The van der Waals surface area contributed by atoms with Gasteiger partial charge in [0.2, 0.25) is 0 Å². The molecule has 0 saturated carbocycles. The summed E-state index contributed by atoms with van der Waals surface area (Å²) in [6.07, 6.45) is 0.930. The van der Waals surface area contributed by atoms with E-state index >= 15 is 0 Å². The van der Waals surface area contributed by atoms with Crippen LogP contribution in [-0.2, 0) is 4.74 Å². The molecular weight excluding hydrogens is 246 g/mol. The van der Waals surface area contributed by atoms with Crippen LogP contribution in [0.1, 0.15) is 13.3 Å². The average molecular weight is 265 g/mol. The Bertz CT molecular complexity index is 445. The molecule has 6 nitrogen and oxygen atoms in total. The molecular formula is C13H19N3O3. The molecule has 1 saturated heterocycles. The molecule has 104 valence electrons. The first-order valence-electron chi connectivity index (χ1n) is 6.58. The van der Waals surface area contributed by atoms with E-state index in [1.807, 2.05) is 17.9 Å². The highest BCUT2D eigenvalue weighted by Crippen LogP contribution is 2.35. The highest BCUT2D eigenvalue weighted by Gasteiger charge is 2.24. The molecule has 0 unspecified atom stereocenters. The Morgan fingerprint density at radius 2 is 2.16 bits per heavy atom. The van der Waals surface area contributed by atoms with Gasteiger partial charge in [0.25, 0.3) is 0 Å². The number of benzene rings is 1. The van der Waals surface area contributed by atoms with Crippen molar-refractivity contribution in [1.82, 2.24) is 0 Å². The van der Waals surface area contributed by atoms with E-state index in [2.05, 4.69) is 5.32 Å². The molecule has 0 spiro atoms. The van der Waals surface area contributed by atoms with Gasteiger partial charge in [0.1, 0.15) is 11.4 Å². The fourth-order valence-electron chi connectivity index (χ4n) is 2.18. The number of hydrogen-bond acceptors (Lipinski definition) is 5. The molecule has 1 aromatic rings. The lowest BCUT2D eigenvalue weighted by atomic mass is 10.2. The minimum Gasteiger partial charge on any atom is -0.379 e. The van der Waals surface area contributed by atoms with E-state index in [9.17, 15) is 10.1 Å².